The highest BCUT2D eigenvalue weighted by Gasteiger charge is 2.32. The summed E-state index contributed by atoms with van der Waals surface area (Å²) in [6, 6.07) is 4.98. The van der Waals surface area contributed by atoms with Crippen LogP contribution in [0.2, 0.25) is 0 Å². The highest BCUT2D eigenvalue weighted by molar-refractivity contribution is 5.79. The smallest absolute Gasteiger partial charge is 0.237 e. The molecule has 1 N–H and O–H groups in total. The van der Waals surface area contributed by atoms with Crippen molar-refractivity contribution in [1.29, 1.82) is 0 Å². The molecular formula is C16H23N3O. The molecular weight excluding hydrogens is 250 g/mol. The lowest BCUT2D eigenvalue weighted by molar-refractivity contribution is -0.131. The summed E-state index contributed by atoms with van der Waals surface area (Å²) in [6.45, 7) is 1.19. The van der Waals surface area contributed by atoms with Gasteiger partial charge in [-0.15, -0.1) is 0 Å². The summed E-state index contributed by atoms with van der Waals surface area (Å²) in [6.07, 6.45) is 11.0. The molecule has 0 spiro atoms. The van der Waals surface area contributed by atoms with Crippen LogP contribution in [0.5, 0.6) is 0 Å². The number of amides is 1. The Labute approximate surface area is 120 Å². The third-order valence-electron chi connectivity index (χ3n) is 4.28. The van der Waals surface area contributed by atoms with Gasteiger partial charge in [-0.05, 0) is 37.3 Å². The minimum absolute atomic E-state index is 0.239. The van der Waals surface area contributed by atoms with E-state index in [1.165, 1.54) is 25.7 Å². The number of hydrogen-bond acceptors (Lipinski definition) is 3. The fourth-order valence-corrected chi connectivity index (χ4v) is 2.96. The second kappa shape index (κ2) is 6.35. The quantitative estimate of drug-likeness (QED) is 0.863. The molecule has 2 aliphatic rings. The second-order valence-corrected chi connectivity index (χ2v) is 5.98. The molecule has 20 heavy (non-hydrogen) atoms. The van der Waals surface area contributed by atoms with Crippen molar-refractivity contribution in [2.45, 2.75) is 57.2 Å². The average Bonchev–Trinajstić information content (AvgIpc) is 3.19. The summed E-state index contributed by atoms with van der Waals surface area (Å²) >= 11 is 0. The zero-order chi connectivity index (χ0) is 13.8. The van der Waals surface area contributed by atoms with E-state index < -0.39 is 0 Å². The molecule has 1 heterocycles. The van der Waals surface area contributed by atoms with Crippen molar-refractivity contribution in [2.75, 3.05) is 6.54 Å². The summed E-state index contributed by atoms with van der Waals surface area (Å²) in [5, 5.41) is 3.42. The molecule has 108 valence electrons. The predicted octanol–water partition coefficient (Wildman–Crippen LogP) is 2.10. The van der Waals surface area contributed by atoms with Crippen molar-refractivity contribution < 1.29 is 4.79 Å². The van der Waals surface area contributed by atoms with Gasteiger partial charge in [-0.2, -0.15) is 0 Å². The van der Waals surface area contributed by atoms with Crippen molar-refractivity contribution in [3.8, 4) is 0 Å². The van der Waals surface area contributed by atoms with E-state index in [1.54, 1.807) is 6.20 Å². The van der Waals surface area contributed by atoms with Gasteiger partial charge in [0.25, 0.3) is 0 Å². The molecule has 0 unspecified atom stereocenters. The van der Waals surface area contributed by atoms with Gasteiger partial charge in [0.2, 0.25) is 5.91 Å². The van der Waals surface area contributed by atoms with E-state index in [-0.39, 0.29) is 5.91 Å². The maximum absolute atomic E-state index is 12.4. The van der Waals surface area contributed by atoms with Crippen LogP contribution in [0.25, 0.3) is 0 Å². The van der Waals surface area contributed by atoms with Crippen molar-refractivity contribution in [2.24, 2.45) is 0 Å². The molecule has 4 heteroatoms. The Bertz CT molecular complexity index is 438. The average molecular weight is 273 g/mol. The maximum atomic E-state index is 12.4. The summed E-state index contributed by atoms with van der Waals surface area (Å²) < 4.78 is 0. The van der Waals surface area contributed by atoms with Crippen LogP contribution >= 0.6 is 0 Å². The summed E-state index contributed by atoms with van der Waals surface area (Å²) in [5.74, 6) is 0.239. The molecule has 2 saturated carbocycles. The molecule has 1 amide bonds. The maximum Gasteiger partial charge on any atom is 0.237 e. The van der Waals surface area contributed by atoms with Gasteiger partial charge in [0, 0.05) is 31.0 Å². The van der Waals surface area contributed by atoms with Crippen LogP contribution < -0.4 is 5.32 Å². The lowest BCUT2D eigenvalue weighted by Crippen LogP contribution is -2.41. The van der Waals surface area contributed by atoms with E-state index in [0.717, 1.165) is 18.4 Å². The third kappa shape index (κ3) is 3.57. The number of rotatable bonds is 6. The molecule has 1 aromatic heterocycles. The van der Waals surface area contributed by atoms with Gasteiger partial charge in [0.15, 0.2) is 0 Å². The van der Waals surface area contributed by atoms with Gasteiger partial charge < -0.3 is 10.2 Å². The Morgan fingerprint density at radius 3 is 2.75 bits per heavy atom. The van der Waals surface area contributed by atoms with Gasteiger partial charge >= 0.3 is 0 Å². The number of carbonyl (C=O) groups excluding carboxylic acids is 1. The molecule has 0 bridgehead atoms. The van der Waals surface area contributed by atoms with E-state index in [9.17, 15) is 4.79 Å². The van der Waals surface area contributed by atoms with E-state index in [4.69, 9.17) is 0 Å². The summed E-state index contributed by atoms with van der Waals surface area (Å²) in [4.78, 5) is 18.6. The highest BCUT2D eigenvalue weighted by atomic mass is 16.2. The summed E-state index contributed by atoms with van der Waals surface area (Å²) in [7, 11) is 0. The van der Waals surface area contributed by atoms with Crippen LogP contribution in [0.4, 0.5) is 0 Å². The van der Waals surface area contributed by atoms with E-state index in [2.05, 4.69) is 10.3 Å². The number of aromatic nitrogens is 1. The fraction of sp³-hybridized carbons (Fsp3) is 0.625. The van der Waals surface area contributed by atoms with E-state index >= 15 is 0 Å². The van der Waals surface area contributed by atoms with Crippen molar-refractivity contribution in [3.05, 3.63) is 30.1 Å². The van der Waals surface area contributed by atoms with Crippen LogP contribution in [-0.2, 0) is 11.3 Å². The highest BCUT2D eigenvalue weighted by Crippen LogP contribution is 2.28. The van der Waals surface area contributed by atoms with Crippen LogP contribution in [-0.4, -0.2) is 34.4 Å². The minimum Gasteiger partial charge on any atom is -0.334 e. The molecule has 0 atom stereocenters. The molecule has 4 nitrogen and oxygen atoms in total. The normalized spacial score (nSPS) is 19.2. The first-order chi connectivity index (χ1) is 9.83. The lowest BCUT2D eigenvalue weighted by Gasteiger charge is -2.23. The zero-order valence-corrected chi connectivity index (χ0v) is 11.9. The summed E-state index contributed by atoms with van der Waals surface area (Å²) in [5.41, 5.74) is 1.12. The van der Waals surface area contributed by atoms with Crippen molar-refractivity contribution >= 4 is 5.91 Å². The molecule has 0 aliphatic heterocycles. The second-order valence-electron chi connectivity index (χ2n) is 5.98. The third-order valence-corrected chi connectivity index (χ3v) is 4.28. The Balaban J connectivity index is 1.54. The monoisotopic (exact) mass is 273 g/mol. The largest absolute Gasteiger partial charge is 0.334 e. The molecule has 0 saturated heterocycles. The Hall–Kier alpha value is -1.42. The first-order valence-electron chi connectivity index (χ1n) is 7.74. The van der Waals surface area contributed by atoms with Crippen LogP contribution in [0, 0.1) is 0 Å². The molecule has 2 fully saturated rings. The molecule has 3 rings (SSSR count). The van der Waals surface area contributed by atoms with Gasteiger partial charge in [0.05, 0.1) is 6.54 Å². The van der Waals surface area contributed by atoms with E-state index in [1.807, 2.05) is 23.2 Å². The SMILES string of the molecule is O=C(CNC1CCCC1)N(Cc1cccnc1)C1CC1. The first-order valence-corrected chi connectivity index (χ1v) is 7.74. The number of carbonyl (C=O) groups is 1. The van der Waals surface area contributed by atoms with Gasteiger partial charge in [-0.1, -0.05) is 18.9 Å². The number of nitrogens with zero attached hydrogens (tertiary/aromatic N) is 2. The molecule has 0 radical (unpaired) electrons. The molecule has 0 aromatic carbocycles. The number of nitrogens with one attached hydrogen (secondary N) is 1. The van der Waals surface area contributed by atoms with Crippen molar-refractivity contribution in [1.82, 2.24) is 15.2 Å². The number of hydrogen-bond donors (Lipinski definition) is 1. The zero-order valence-electron chi connectivity index (χ0n) is 11.9. The topological polar surface area (TPSA) is 45.2 Å². The van der Waals surface area contributed by atoms with Crippen LogP contribution in [0.15, 0.2) is 24.5 Å². The predicted molar refractivity (Wildman–Crippen MR) is 78.1 cm³/mol. The van der Waals surface area contributed by atoms with Gasteiger partial charge in [0.1, 0.15) is 0 Å². The van der Waals surface area contributed by atoms with Crippen LogP contribution in [0.3, 0.4) is 0 Å². The first kappa shape index (κ1) is 13.6. The Morgan fingerprint density at radius 1 is 1.30 bits per heavy atom. The van der Waals surface area contributed by atoms with Crippen LogP contribution in [0.1, 0.15) is 44.1 Å². The number of pyridine rings is 1. The lowest BCUT2D eigenvalue weighted by atomic mass is 10.2. The minimum atomic E-state index is 0.239. The van der Waals surface area contributed by atoms with Gasteiger partial charge in [-0.25, -0.2) is 0 Å². The van der Waals surface area contributed by atoms with Gasteiger partial charge in [-0.3, -0.25) is 9.78 Å². The van der Waals surface area contributed by atoms with Crippen molar-refractivity contribution in [3.63, 3.8) is 0 Å². The Kier molecular flexibility index (Phi) is 4.31. The fourth-order valence-electron chi connectivity index (χ4n) is 2.96. The Morgan fingerprint density at radius 2 is 2.10 bits per heavy atom. The standard InChI is InChI=1S/C16H23N3O/c20-16(11-18-14-5-1-2-6-14)19(15-7-8-15)12-13-4-3-9-17-10-13/h3-4,9-10,14-15,18H,1-2,5-8,11-12H2. The molecule has 1 aromatic rings. The molecule has 2 aliphatic carbocycles. The van der Waals surface area contributed by atoms with E-state index in [0.29, 0.717) is 25.2 Å².